The quantitative estimate of drug-likeness (QED) is 0.559. The summed E-state index contributed by atoms with van der Waals surface area (Å²) in [6.45, 7) is 0. The van der Waals surface area contributed by atoms with Gasteiger partial charge in [0.2, 0.25) is 5.69 Å². The monoisotopic (exact) mass is 274 g/mol. The Balaban J connectivity index is 0.000000963. The van der Waals surface area contributed by atoms with Crippen molar-refractivity contribution in [2.24, 2.45) is 0 Å². The van der Waals surface area contributed by atoms with E-state index in [2.05, 4.69) is 64.6 Å². The number of aromatic nitrogens is 1. The number of rotatable bonds is 0. The Labute approximate surface area is 105 Å². The summed E-state index contributed by atoms with van der Waals surface area (Å²) in [7, 11) is 0. The number of halogens is 1. The number of pyridine rings is 1. The SMILES string of the molecule is C1=CC2=Cc3cccc[n+]3C=CN2C=C1.[Br-]. The van der Waals surface area contributed by atoms with Crippen LogP contribution in [0.25, 0.3) is 12.3 Å². The topological polar surface area (TPSA) is 7.12 Å². The van der Waals surface area contributed by atoms with Crippen molar-refractivity contribution in [1.82, 2.24) is 4.90 Å². The third-order valence-corrected chi connectivity index (χ3v) is 2.53. The number of nitrogens with zero attached hydrogens (tertiary/aromatic N) is 2. The Kier molecular flexibility index (Phi) is 3.06. The van der Waals surface area contributed by atoms with Gasteiger partial charge >= 0.3 is 0 Å². The van der Waals surface area contributed by atoms with Crippen LogP contribution in [0.2, 0.25) is 0 Å². The van der Waals surface area contributed by atoms with Gasteiger partial charge in [-0.25, -0.2) is 0 Å². The van der Waals surface area contributed by atoms with Gasteiger partial charge in [-0.1, -0.05) is 6.08 Å². The van der Waals surface area contributed by atoms with E-state index in [0.29, 0.717) is 0 Å². The van der Waals surface area contributed by atoms with Crippen molar-refractivity contribution in [2.75, 3.05) is 0 Å². The first-order valence-electron chi connectivity index (χ1n) is 4.97. The van der Waals surface area contributed by atoms with Crippen LogP contribution in [0.15, 0.2) is 60.7 Å². The van der Waals surface area contributed by atoms with E-state index in [9.17, 15) is 0 Å². The minimum absolute atomic E-state index is 0. The number of hydrogen-bond acceptors (Lipinski definition) is 1. The molecule has 0 radical (unpaired) electrons. The van der Waals surface area contributed by atoms with Crippen LogP contribution in [0.3, 0.4) is 0 Å². The van der Waals surface area contributed by atoms with Crippen LogP contribution in [-0.4, -0.2) is 4.90 Å². The van der Waals surface area contributed by atoms with Gasteiger partial charge in [-0.15, -0.1) is 0 Å². The average Bonchev–Trinajstić information content (AvgIpc) is 2.48. The second-order valence-corrected chi connectivity index (χ2v) is 3.51. The molecule has 80 valence electrons. The van der Waals surface area contributed by atoms with E-state index in [1.165, 1.54) is 11.4 Å². The smallest absolute Gasteiger partial charge is 0.212 e. The van der Waals surface area contributed by atoms with E-state index in [-0.39, 0.29) is 17.0 Å². The van der Waals surface area contributed by atoms with Crippen molar-refractivity contribution >= 4 is 12.3 Å². The van der Waals surface area contributed by atoms with E-state index in [1.807, 2.05) is 12.1 Å². The van der Waals surface area contributed by atoms with Crippen LogP contribution in [0.1, 0.15) is 5.69 Å². The summed E-state index contributed by atoms with van der Waals surface area (Å²) in [6.07, 6.45) is 16.6. The highest BCUT2D eigenvalue weighted by Gasteiger charge is 2.13. The Morgan fingerprint density at radius 3 is 2.94 bits per heavy atom. The lowest BCUT2D eigenvalue weighted by Crippen LogP contribution is -3.00. The van der Waals surface area contributed by atoms with Gasteiger partial charge in [0.1, 0.15) is 0 Å². The van der Waals surface area contributed by atoms with E-state index >= 15 is 0 Å². The van der Waals surface area contributed by atoms with Crippen molar-refractivity contribution in [3.8, 4) is 0 Å². The van der Waals surface area contributed by atoms with Gasteiger partial charge in [0.25, 0.3) is 0 Å². The van der Waals surface area contributed by atoms with E-state index in [4.69, 9.17) is 0 Å². The third kappa shape index (κ3) is 1.86. The Hall–Kier alpha value is -1.61. The molecule has 2 aliphatic rings. The van der Waals surface area contributed by atoms with Crippen molar-refractivity contribution in [2.45, 2.75) is 0 Å². The predicted molar refractivity (Wildman–Crippen MR) is 60.1 cm³/mol. The van der Waals surface area contributed by atoms with Gasteiger partial charge in [-0.3, -0.25) is 0 Å². The summed E-state index contributed by atoms with van der Waals surface area (Å²) in [5.41, 5.74) is 2.37. The molecule has 0 atom stereocenters. The first kappa shape index (κ1) is 10.9. The molecule has 2 nitrogen and oxygen atoms in total. The van der Waals surface area contributed by atoms with Gasteiger partial charge in [0.15, 0.2) is 12.4 Å². The molecule has 3 heterocycles. The molecule has 16 heavy (non-hydrogen) atoms. The summed E-state index contributed by atoms with van der Waals surface area (Å²) < 4.78 is 2.10. The van der Waals surface area contributed by atoms with Crippen LogP contribution in [-0.2, 0) is 0 Å². The molecule has 0 saturated heterocycles. The largest absolute Gasteiger partial charge is 1.00 e. The summed E-state index contributed by atoms with van der Waals surface area (Å²) in [5.74, 6) is 0. The first-order chi connectivity index (χ1) is 7.43. The number of allylic oxidation sites excluding steroid dienone is 3. The highest BCUT2D eigenvalue weighted by molar-refractivity contribution is 5.54. The van der Waals surface area contributed by atoms with Crippen LogP contribution in [0, 0.1) is 0 Å². The molecule has 0 bridgehead atoms. The van der Waals surface area contributed by atoms with E-state index < -0.39 is 0 Å². The maximum Gasteiger partial charge on any atom is 0.212 e. The maximum atomic E-state index is 2.17. The zero-order valence-corrected chi connectivity index (χ0v) is 10.2. The van der Waals surface area contributed by atoms with Gasteiger partial charge in [-0.2, -0.15) is 4.57 Å². The molecule has 0 amide bonds. The molecule has 0 aliphatic carbocycles. The number of fused-ring (bicyclic) bond motifs is 2. The third-order valence-electron chi connectivity index (χ3n) is 2.53. The summed E-state index contributed by atoms with van der Waals surface area (Å²) in [4.78, 5) is 2.10. The van der Waals surface area contributed by atoms with E-state index in [1.54, 1.807) is 0 Å². The van der Waals surface area contributed by atoms with Crippen molar-refractivity contribution < 1.29 is 21.5 Å². The minimum Gasteiger partial charge on any atom is -1.00 e. The second kappa shape index (κ2) is 4.49. The van der Waals surface area contributed by atoms with Crippen molar-refractivity contribution in [1.29, 1.82) is 0 Å². The summed E-state index contributed by atoms with van der Waals surface area (Å²) in [6, 6.07) is 6.18. The number of hydrogen-bond donors (Lipinski definition) is 0. The zero-order valence-electron chi connectivity index (χ0n) is 8.62. The highest BCUT2D eigenvalue weighted by Crippen LogP contribution is 2.17. The summed E-state index contributed by atoms with van der Waals surface area (Å²) in [5, 5.41) is 0. The average molecular weight is 275 g/mol. The van der Waals surface area contributed by atoms with Crippen molar-refractivity contribution in [3.63, 3.8) is 0 Å². The fourth-order valence-electron chi connectivity index (χ4n) is 1.75. The molecule has 3 rings (SSSR count). The normalized spacial score (nSPS) is 15.8. The van der Waals surface area contributed by atoms with Crippen LogP contribution < -0.4 is 21.5 Å². The molecule has 1 aromatic heterocycles. The molecule has 0 fully saturated rings. The zero-order chi connectivity index (χ0) is 10.1. The molecular formula is C13H11BrN2. The Morgan fingerprint density at radius 2 is 2.00 bits per heavy atom. The lowest BCUT2D eigenvalue weighted by molar-refractivity contribution is -0.570. The highest BCUT2D eigenvalue weighted by atomic mass is 79.9. The maximum absolute atomic E-state index is 2.17. The van der Waals surface area contributed by atoms with Gasteiger partial charge < -0.3 is 21.9 Å². The van der Waals surface area contributed by atoms with Gasteiger partial charge in [0, 0.05) is 24.4 Å². The molecule has 0 N–H and O–H groups in total. The Morgan fingerprint density at radius 1 is 1.06 bits per heavy atom. The molecule has 0 unspecified atom stereocenters. The molecule has 0 saturated carbocycles. The Bertz CT molecular complexity index is 512. The molecular weight excluding hydrogens is 264 g/mol. The second-order valence-electron chi connectivity index (χ2n) is 3.51. The lowest BCUT2D eigenvalue weighted by Gasteiger charge is -2.16. The summed E-state index contributed by atoms with van der Waals surface area (Å²) >= 11 is 0. The molecule has 2 aliphatic heterocycles. The van der Waals surface area contributed by atoms with Crippen LogP contribution in [0.5, 0.6) is 0 Å². The van der Waals surface area contributed by atoms with E-state index in [0.717, 1.165) is 0 Å². The first-order valence-corrected chi connectivity index (χ1v) is 4.97. The van der Waals surface area contributed by atoms with Gasteiger partial charge in [0.05, 0.1) is 11.9 Å². The fourth-order valence-corrected chi connectivity index (χ4v) is 1.75. The van der Waals surface area contributed by atoms with Gasteiger partial charge in [-0.05, 0) is 18.2 Å². The van der Waals surface area contributed by atoms with Crippen LogP contribution in [0.4, 0.5) is 0 Å². The fraction of sp³-hybridized carbons (Fsp3) is 0. The standard InChI is InChI=1S/C13H11N2.BrH/c1-3-7-14-9-10-15-8-4-2-6-13(15)11-12(14)5-1;/h1-11H;1H/q+1;/p-1. The lowest BCUT2D eigenvalue weighted by atomic mass is 10.2. The molecule has 0 aromatic carbocycles. The minimum atomic E-state index is 0. The van der Waals surface area contributed by atoms with Crippen LogP contribution >= 0.6 is 0 Å². The molecule has 1 aromatic rings. The van der Waals surface area contributed by atoms with Crippen molar-refractivity contribution in [3.05, 3.63) is 66.4 Å². The molecule has 3 heteroatoms. The predicted octanol–water partition coefficient (Wildman–Crippen LogP) is -0.854. The molecule has 0 spiro atoms.